The fourth-order valence-corrected chi connectivity index (χ4v) is 2.22. The molecule has 0 unspecified atom stereocenters. The van der Waals surface area contributed by atoms with Crippen LogP contribution in [-0.2, 0) is 0 Å². The van der Waals surface area contributed by atoms with Crippen molar-refractivity contribution in [3.63, 3.8) is 0 Å². The van der Waals surface area contributed by atoms with Crippen LogP contribution in [0.3, 0.4) is 0 Å². The molecule has 0 N–H and O–H groups in total. The Bertz CT molecular complexity index is 873. The van der Waals surface area contributed by atoms with Gasteiger partial charge in [0, 0.05) is 12.4 Å². The Hall–Kier alpha value is -3.47. The molecule has 0 aliphatic carbocycles. The summed E-state index contributed by atoms with van der Waals surface area (Å²) in [4.78, 5) is 20.4. The SMILES string of the molecule is CCOc1ccc(C=Nc2ccc(C(=O)Oc3cccnc3)cc2)cc1. The third kappa shape index (κ3) is 4.77. The zero-order chi connectivity index (χ0) is 18.2. The van der Waals surface area contributed by atoms with Gasteiger partial charge >= 0.3 is 5.97 Å². The molecule has 0 fully saturated rings. The lowest BCUT2D eigenvalue weighted by molar-refractivity contribution is 0.0734. The normalized spacial score (nSPS) is 10.7. The maximum atomic E-state index is 12.1. The first-order valence-electron chi connectivity index (χ1n) is 8.24. The van der Waals surface area contributed by atoms with Gasteiger partial charge in [0.15, 0.2) is 0 Å². The highest BCUT2D eigenvalue weighted by Gasteiger charge is 2.08. The first-order valence-corrected chi connectivity index (χ1v) is 8.24. The molecule has 0 saturated carbocycles. The Morgan fingerprint density at radius 2 is 1.81 bits per heavy atom. The Morgan fingerprint density at radius 3 is 2.46 bits per heavy atom. The molecule has 1 heterocycles. The minimum Gasteiger partial charge on any atom is -0.494 e. The van der Waals surface area contributed by atoms with Crippen molar-refractivity contribution < 1.29 is 14.3 Å². The van der Waals surface area contributed by atoms with Crippen molar-refractivity contribution in [2.24, 2.45) is 4.99 Å². The van der Waals surface area contributed by atoms with Crippen molar-refractivity contribution in [2.75, 3.05) is 6.61 Å². The molecule has 1 aromatic heterocycles. The van der Waals surface area contributed by atoms with Crippen molar-refractivity contribution in [2.45, 2.75) is 6.92 Å². The van der Waals surface area contributed by atoms with E-state index in [1.165, 1.54) is 6.20 Å². The lowest BCUT2D eigenvalue weighted by Crippen LogP contribution is -2.08. The molecule has 26 heavy (non-hydrogen) atoms. The van der Waals surface area contributed by atoms with E-state index in [0.717, 1.165) is 17.0 Å². The summed E-state index contributed by atoms with van der Waals surface area (Å²) in [5.41, 5.74) is 2.17. The lowest BCUT2D eigenvalue weighted by atomic mass is 10.2. The van der Waals surface area contributed by atoms with E-state index in [1.54, 1.807) is 48.8 Å². The summed E-state index contributed by atoms with van der Waals surface area (Å²) in [5, 5.41) is 0. The zero-order valence-corrected chi connectivity index (χ0v) is 14.3. The molecule has 3 aromatic rings. The summed E-state index contributed by atoms with van der Waals surface area (Å²) in [7, 11) is 0. The second kappa shape index (κ2) is 8.58. The fraction of sp³-hybridized carbons (Fsp3) is 0.0952. The highest BCUT2D eigenvalue weighted by Crippen LogP contribution is 2.16. The molecule has 5 nitrogen and oxygen atoms in total. The molecule has 3 rings (SSSR count). The standard InChI is InChI=1S/C21H18N2O3/c1-2-25-19-11-5-16(6-12-19)14-23-18-9-7-17(8-10-18)21(24)26-20-4-3-13-22-15-20/h3-15H,2H2,1H3. The van der Waals surface area contributed by atoms with Gasteiger partial charge in [0.1, 0.15) is 11.5 Å². The molecule has 2 aromatic carbocycles. The van der Waals surface area contributed by atoms with Gasteiger partial charge in [-0.15, -0.1) is 0 Å². The van der Waals surface area contributed by atoms with E-state index in [9.17, 15) is 4.79 Å². The molecule has 0 radical (unpaired) electrons. The largest absolute Gasteiger partial charge is 0.494 e. The Morgan fingerprint density at radius 1 is 1.04 bits per heavy atom. The van der Waals surface area contributed by atoms with Crippen LogP contribution in [0.4, 0.5) is 5.69 Å². The molecule has 0 aliphatic rings. The molecule has 0 bridgehead atoms. The number of pyridine rings is 1. The van der Waals surface area contributed by atoms with E-state index in [4.69, 9.17) is 9.47 Å². The molecular weight excluding hydrogens is 328 g/mol. The number of carbonyl (C=O) groups excluding carboxylic acids is 1. The third-order valence-corrected chi connectivity index (χ3v) is 3.50. The first kappa shape index (κ1) is 17.4. The highest BCUT2D eigenvalue weighted by molar-refractivity contribution is 5.91. The number of nitrogens with zero attached hydrogens (tertiary/aromatic N) is 2. The molecular formula is C21H18N2O3. The van der Waals surface area contributed by atoms with Crippen molar-refractivity contribution in [3.05, 3.63) is 84.2 Å². The first-order chi connectivity index (χ1) is 12.7. The minimum atomic E-state index is -0.431. The van der Waals surface area contributed by atoms with E-state index in [2.05, 4.69) is 9.98 Å². The van der Waals surface area contributed by atoms with Gasteiger partial charge in [0.05, 0.1) is 24.1 Å². The number of benzene rings is 2. The summed E-state index contributed by atoms with van der Waals surface area (Å²) < 4.78 is 10.7. The van der Waals surface area contributed by atoms with Gasteiger partial charge in [0.2, 0.25) is 0 Å². The Balaban J connectivity index is 1.62. The molecule has 5 heteroatoms. The van der Waals surface area contributed by atoms with Gasteiger partial charge in [-0.1, -0.05) is 0 Å². The fourth-order valence-electron chi connectivity index (χ4n) is 2.22. The van der Waals surface area contributed by atoms with Gasteiger partial charge in [-0.2, -0.15) is 0 Å². The summed E-state index contributed by atoms with van der Waals surface area (Å²) >= 11 is 0. The third-order valence-electron chi connectivity index (χ3n) is 3.50. The number of aromatic nitrogens is 1. The van der Waals surface area contributed by atoms with Crippen LogP contribution in [0, 0.1) is 0 Å². The lowest BCUT2D eigenvalue weighted by Gasteiger charge is -2.04. The number of hydrogen-bond donors (Lipinski definition) is 0. The molecule has 0 aliphatic heterocycles. The molecule has 0 spiro atoms. The predicted molar refractivity (Wildman–Crippen MR) is 101 cm³/mol. The van der Waals surface area contributed by atoms with Crippen LogP contribution in [0.5, 0.6) is 11.5 Å². The Labute approximate surface area is 152 Å². The van der Waals surface area contributed by atoms with Crippen molar-refractivity contribution in [3.8, 4) is 11.5 Å². The van der Waals surface area contributed by atoms with Crippen molar-refractivity contribution in [1.29, 1.82) is 0 Å². The van der Waals surface area contributed by atoms with E-state index in [1.807, 2.05) is 31.2 Å². The second-order valence-electron chi connectivity index (χ2n) is 5.39. The summed E-state index contributed by atoms with van der Waals surface area (Å²) in [5.74, 6) is 0.816. The van der Waals surface area contributed by atoms with E-state index >= 15 is 0 Å². The van der Waals surface area contributed by atoms with E-state index in [-0.39, 0.29) is 0 Å². The highest BCUT2D eigenvalue weighted by atomic mass is 16.5. The molecule has 0 amide bonds. The minimum absolute atomic E-state index is 0.412. The monoisotopic (exact) mass is 346 g/mol. The van der Waals surface area contributed by atoms with Crippen molar-refractivity contribution >= 4 is 17.9 Å². The number of ether oxygens (including phenoxy) is 2. The topological polar surface area (TPSA) is 60.8 Å². The quantitative estimate of drug-likeness (QED) is 0.489. The number of rotatable bonds is 6. The summed E-state index contributed by atoms with van der Waals surface area (Å²) in [6.45, 7) is 2.59. The molecule has 0 saturated heterocycles. The van der Waals surface area contributed by atoms with Crippen LogP contribution < -0.4 is 9.47 Å². The van der Waals surface area contributed by atoms with Crippen LogP contribution >= 0.6 is 0 Å². The van der Waals surface area contributed by atoms with E-state index < -0.39 is 5.97 Å². The predicted octanol–water partition coefficient (Wildman–Crippen LogP) is 4.45. The van der Waals surface area contributed by atoms with Crippen LogP contribution in [0.1, 0.15) is 22.8 Å². The maximum Gasteiger partial charge on any atom is 0.343 e. The number of hydrogen-bond acceptors (Lipinski definition) is 5. The van der Waals surface area contributed by atoms with Gasteiger partial charge < -0.3 is 9.47 Å². The summed E-state index contributed by atoms with van der Waals surface area (Å²) in [6, 6.07) is 18.0. The van der Waals surface area contributed by atoms with Crippen LogP contribution in [0.15, 0.2) is 78.0 Å². The van der Waals surface area contributed by atoms with Gasteiger partial charge in [-0.05, 0) is 73.2 Å². The average Bonchev–Trinajstić information content (AvgIpc) is 2.69. The van der Waals surface area contributed by atoms with Crippen molar-refractivity contribution in [1.82, 2.24) is 4.98 Å². The Kier molecular flexibility index (Phi) is 5.72. The van der Waals surface area contributed by atoms with Crippen LogP contribution in [-0.4, -0.2) is 23.8 Å². The van der Waals surface area contributed by atoms with Crippen LogP contribution in [0.2, 0.25) is 0 Å². The molecule has 130 valence electrons. The smallest absolute Gasteiger partial charge is 0.343 e. The average molecular weight is 346 g/mol. The van der Waals surface area contributed by atoms with Gasteiger partial charge in [0.25, 0.3) is 0 Å². The van der Waals surface area contributed by atoms with Gasteiger partial charge in [-0.25, -0.2) is 4.79 Å². The summed E-state index contributed by atoms with van der Waals surface area (Å²) in [6.07, 6.45) is 4.88. The zero-order valence-electron chi connectivity index (χ0n) is 14.3. The maximum absolute atomic E-state index is 12.1. The number of esters is 1. The van der Waals surface area contributed by atoms with E-state index in [0.29, 0.717) is 17.9 Å². The second-order valence-corrected chi connectivity index (χ2v) is 5.39. The number of carbonyl (C=O) groups is 1. The molecule has 0 atom stereocenters. The van der Waals surface area contributed by atoms with Gasteiger partial charge in [-0.3, -0.25) is 9.98 Å². The van der Waals surface area contributed by atoms with Crippen LogP contribution in [0.25, 0.3) is 0 Å². The number of aliphatic imine (C=N–C) groups is 1.